The Morgan fingerprint density at radius 2 is 1.33 bits per heavy atom. The molecule has 21 heavy (non-hydrogen) atoms. The number of rotatable bonds is 4. The van der Waals surface area contributed by atoms with Gasteiger partial charge in [-0.15, -0.1) is 0 Å². The van der Waals surface area contributed by atoms with Gasteiger partial charge in [-0.1, -0.05) is 24.3 Å². The number of carbonyl (C=O) groups excluding carboxylic acids is 1. The van der Waals surface area contributed by atoms with Crippen molar-refractivity contribution >= 4 is 6.47 Å². The van der Waals surface area contributed by atoms with Crippen LogP contribution in [-0.2, 0) is 11.2 Å². The van der Waals surface area contributed by atoms with Crippen molar-refractivity contribution in [1.29, 1.82) is 0 Å². The zero-order chi connectivity index (χ0) is 15.6. The summed E-state index contributed by atoms with van der Waals surface area (Å²) in [6.45, 7) is 8.14. The Hall–Kier alpha value is -2.29. The third-order valence-electron chi connectivity index (χ3n) is 3.65. The highest BCUT2D eigenvalue weighted by Gasteiger charge is 2.09. The summed E-state index contributed by atoms with van der Waals surface area (Å²) in [5, 5.41) is 9.83. The molecule has 0 saturated carbocycles. The van der Waals surface area contributed by atoms with Crippen LogP contribution < -0.4 is 4.74 Å². The zero-order valence-electron chi connectivity index (χ0n) is 12.9. The molecule has 0 saturated heterocycles. The van der Waals surface area contributed by atoms with Crippen molar-refractivity contribution in [2.45, 2.75) is 34.1 Å². The monoisotopic (exact) mass is 284 g/mol. The summed E-state index contributed by atoms with van der Waals surface area (Å²) < 4.78 is 5.01. The number of ether oxygens (including phenoxy) is 1. The van der Waals surface area contributed by atoms with Crippen LogP contribution in [0.1, 0.15) is 33.4 Å². The second-order valence-electron chi connectivity index (χ2n) is 5.53. The van der Waals surface area contributed by atoms with Crippen molar-refractivity contribution in [3.05, 3.63) is 57.6 Å². The maximum atomic E-state index is 10.5. The van der Waals surface area contributed by atoms with Gasteiger partial charge in [-0.25, -0.2) is 0 Å². The molecule has 1 N–H and O–H groups in total. The first-order valence-corrected chi connectivity index (χ1v) is 6.92. The van der Waals surface area contributed by atoms with Crippen LogP contribution in [0.3, 0.4) is 0 Å². The lowest BCUT2D eigenvalue weighted by Gasteiger charge is -2.12. The maximum Gasteiger partial charge on any atom is 0.298 e. The minimum Gasteiger partial charge on any atom is -0.507 e. The van der Waals surface area contributed by atoms with E-state index < -0.39 is 0 Å². The van der Waals surface area contributed by atoms with Gasteiger partial charge in [0.1, 0.15) is 11.5 Å². The largest absolute Gasteiger partial charge is 0.507 e. The molecule has 2 aromatic rings. The number of aromatic hydroxyl groups is 1. The van der Waals surface area contributed by atoms with Gasteiger partial charge in [-0.3, -0.25) is 4.79 Å². The van der Waals surface area contributed by atoms with E-state index in [-0.39, 0.29) is 0 Å². The molecule has 0 aromatic heterocycles. The summed E-state index contributed by atoms with van der Waals surface area (Å²) >= 11 is 0. The molecule has 0 spiro atoms. The molecule has 2 rings (SSSR count). The summed E-state index contributed by atoms with van der Waals surface area (Å²) in [6, 6.07) is 8.07. The van der Waals surface area contributed by atoms with Crippen molar-refractivity contribution in [3.63, 3.8) is 0 Å². The summed E-state index contributed by atoms with van der Waals surface area (Å²) in [5.41, 5.74) is 5.99. The Morgan fingerprint density at radius 3 is 1.76 bits per heavy atom. The van der Waals surface area contributed by atoms with Crippen molar-refractivity contribution in [1.82, 2.24) is 0 Å². The van der Waals surface area contributed by atoms with E-state index >= 15 is 0 Å². The molecule has 110 valence electrons. The van der Waals surface area contributed by atoms with Gasteiger partial charge in [0, 0.05) is 0 Å². The molecule has 0 unspecified atom stereocenters. The molecular formula is C18H20O3. The van der Waals surface area contributed by atoms with Crippen LogP contribution in [0.5, 0.6) is 11.5 Å². The topological polar surface area (TPSA) is 46.5 Å². The van der Waals surface area contributed by atoms with E-state index in [9.17, 15) is 9.90 Å². The highest BCUT2D eigenvalue weighted by atomic mass is 16.5. The summed E-state index contributed by atoms with van der Waals surface area (Å²) in [6.07, 6.45) is 0.783. The zero-order valence-corrected chi connectivity index (χ0v) is 12.9. The van der Waals surface area contributed by atoms with Gasteiger partial charge in [0.15, 0.2) is 0 Å². The van der Waals surface area contributed by atoms with Crippen LogP contribution in [0.4, 0.5) is 0 Å². The Bertz CT molecular complexity index is 641. The van der Waals surface area contributed by atoms with Crippen LogP contribution in [0.25, 0.3) is 0 Å². The first-order valence-electron chi connectivity index (χ1n) is 6.92. The maximum absolute atomic E-state index is 10.5. The number of aryl methyl sites for hydroxylation is 4. The minimum atomic E-state index is 0.362. The quantitative estimate of drug-likeness (QED) is 0.870. The lowest BCUT2D eigenvalue weighted by Crippen LogP contribution is -1.98. The van der Waals surface area contributed by atoms with Crippen LogP contribution in [0.15, 0.2) is 24.3 Å². The smallest absolute Gasteiger partial charge is 0.298 e. The van der Waals surface area contributed by atoms with Gasteiger partial charge < -0.3 is 9.84 Å². The highest BCUT2D eigenvalue weighted by Crippen LogP contribution is 2.28. The number of carbonyl (C=O) groups is 1. The summed E-state index contributed by atoms with van der Waals surface area (Å²) in [4.78, 5) is 10.5. The van der Waals surface area contributed by atoms with E-state index in [0.29, 0.717) is 18.0 Å². The van der Waals surface area contributed by atoms with Crippen molar-refractivity contribution < 1.29 is 14.6 Å². The Morgan fingerprint density at radius 1 is 0.905 bits per heavy atom. The van der Waals surface area contributed by atoms with Gasteiger partial charge in [-0.05, 0) is 67.5 Å². The van der Waals surface area contributed by atoms with E-state index in [4.69, 9.17) is 4.74 Å². The Labute approximate surface area is 125 Å². The molecule has 0 aliphatic heterocycles. The molecule has 2 aromatic carbocycles. The van der Waals surface area contributed by atoms with Crippen LogP contribution >= 0.6 is 0 Å². The molecule has 3 nitrogen and oxygen atoms in total. The fraction of sp³-hybridized carbons (Fsp3) is 0.278. The SMILES string of the molecule is Cc1cc(Cc2cc(C)c(OC=O)c(C)c2)cc(C)c1O. The molecule has 0 radical (unpaired) electrons. The number of hydrogen-bond donors (Lipinski definition) is 1. The van der Waals surface area contributed by atoms with Crippen LogP contribution in [0, 0.1) is 27.7 Å². The first-order chi connectivity index (χ1) is 9.92. The molecule has 3 heteroatoms. The lowest BCUT2D eigenvalue weighted by molar-refractivity contribution is -0.120. The molecule has 0 amide bonds. The fourth-order valence-electron chi connectivity index (χ4n) is 2.76. The molecule has 0 heterocycles. The van der Waals surface area contributed by atoms with Gasteiger partial charge in [-0.2, -0.15) is 0 Å². The fourth-order valence-corrected chi connectivity index (χ4v) is 2.76. The lowest BCUT2D eigenvalue weighted by atomic mass is 9.97. The third kappa shape index (κ3) is 3.24. The molecule has 0 aliphatic rings. The van der Waals surface area contributed by atoms with Gasteiger partial charge in [0.05, 0.1) is 0 Å². The van der Waals surface area contributed by atoms with Gasteiger partial charge in [0.25, 0.3) is 6.47 Å². The first kappa shape index (κ1) is 15.1. The van der Waals surface area contributed by atoms with E-state index in [2.05, 4.69) is 0 Å². The standard InChI is InChI=1S/C18H20O3/c1-11-5-15(6-12(2)17(11)20)9-16-7-13(3)18(21-10-19)14(4)8-16/h5-8,10,20H,9H2,1-4H3. The highest BCUT2D eigenvalue weighted by molar-refractivity contribution is 5.53. The normalized spacial score (nSPS) is 10.5. The Kier molecular flexibility index (Phi) is 4.32. The van der Waals surface area contributed by atoms with E-state index in [1.165, 1.54) is 0 Å². The Balaban J connectivity index is 2.34. The van der Waals surface area contributed by atoms with Crippen molar-refractivity contribution in [2.75, 3.05) is 0 Å². The number of hydrogen-bond acceptors (Lipinski definition) is 3. The van der Waals surface area contributed by atoms with E-state index in [1.807, 2.05) is 52.0 Å². The average Bonchev–Trinajstić information content (AvgIpc) is 2.40. The van der Waals surface area contributed by atoms with Crippen LogP contribution in [-0.4, -0.2) is 11.6 Å². The number of phenolic OH excluding ortho intramolecular Hbond substituents is 1. The van der Waals surface area contributed by atoms with E-state index in [1.54, 1.807) is 0 Å². The average molecular weight is 284 g/mol. The molecule has 0 fully saturated rings. The molecule has 0 bridgehead atoms. The summed E-state index contributed by atoms with van der Waals surface area (Å²) in [7, 11) is 0. The summed E-state index contributed by atoms with van der Waals surface area (Å²) in [5.74, 6) is 0.993. The number of phenols is 1. The van der Waals surface area contributed by atoms with Crippen LogP contribution in [0.2, 0.25) is 0 Å². The van der Waals surface area contributed by atoms with E-state index in [0.717, 1.165) is 39.8 Å². The second-order valence-corrected chi connectivity index (χ2v) is 5.53. The minimum absolute atomic E-state index is 0.362. The van der Waals surface area contributed by atoms with Crippen molar-refractivity contribution in [3.8, 4) is 11.5 Å². The second kappa shape index (κ2) is 6.00. The predicted molar refractivity (Wildman–Crippen MR) is 83.0 cm³/mol. The molecular weight excluding hydrogens is 264 g/mol. The van der Waals surface area contributed by atoms with Gasteiger partial charge >= 0.3 is 0 Å². The molecule has 0 aliphatic carbocycles. The molecule has 0 atom stereocenters. The van der Waals surface area contributed by atoms with Crippen molar-refractivity contribution in [2.24, 2.45) is 0 Å². The number of benzene rings is 2. The predicted octanol–water partition coefficient (Wildman–Crippen LogP) is 3.75. The van der Waals surface area contributed by atoms with Gasteiger partial charge in [0.2, 0.25) is 0 Å². The third-order valence-corrected chi connectivity index (χ3v) is 3.65.